The lowest BCUT2D eigenvalue weighted by molar-refractivity contribution is -0.126. The number of rotatable bonds is 6. The predicted molar refractivity (Wildman–Crippen MR) is 110 cm³/mol. The molecule has 1 aliphatic carbocycles. The average molecular weight is 370 g/mol. The zero-order chi connectivity index (χ0) is 18.9. The monoisotopic (exact) mass is 369 g/mol. The zero-order valence-corrected chi connectivity index (χ0v) is 17.0. The van der Waals surface area contributed by atoms with Crippen LogP contribution in [0.15, 0.2) is 30.3 Å². The Bertz CT molecular complexity index is 647. The minimum atomic E-state index is 0.0128. The molecule has 4 rings (SSSR count). The van der Waals surface area contributed by atoms with E-state index in [-0.39, 0.29) is 17.5 Å². The first kappa shape index (κ1) is 18.9. The molecular weight excluding hydrogens is 334 g/mol. The Morgan fingerprint density at radius 2 is 1.85 bits per heavy atom. The molecule has 0 unspecified atom stereocenters. The molecule has 4 heteroatoms. The number of likely N-dealkylation sites (tertiary alicyclic amines) is 2. The van der Waals surface area contributed by atoms with Crippen LogP contribution in [0, 0.1) is 5.41 Å². The molecule has 0 bridgehead atoms. The van der Waals surface area contributed by atoms with Crippen molar-refractivity contribution >= 4 is 5.91 Å². The molecule has 3 aliphatic rings. The first-order valence-corrected chi connectivity index (χ1v) is 10.8. The maximum Gasteiger partial charge on any atom is 0.237 e. The van der Waals surface area contributed by atoms with Crippen molar-refractivity contribution in [3.63, 3.8) is 0 Å². The summed E-state index contributed by atoms with van der Waals surface area (Å²) in [5, 5.41) is 3.49. The Morgan fingerprint density at radius 3 is 2.48 bits per heavy atom. The van der Waals surface area contributed by atoms with Gasteiger partial charge in [-0.2, -0.15) is 0 Å². The first-order chi connectivity index (χ1) is 13.0. The number of amides is 1. The van der Waals surface area contributed by atoms with Gasteiger partial charge in [0.15, 0.2) is 0 Å². The minimum absolute atomic E-state index is 0.0128. The SMILES string of the molecule is CCCN1CC2(CCN(C)CC2)C[C@H]1C(=O)NC1(Cc2ccccc2)CC1. The maximum atomic E-state index is 13.3. The van der Waals surface area contributed by atoms with E-state index in [1.54, 1.807) is 0 Å². The van der Waals surface area contributed by atoms with Crippen molar-refractivity contribution in [2.24, 2.45) is 5.41 Å². The van der Waals surface area contributed by atoms with Crippen LogP contribution in [0.3, 0.4) is 0 Å². The average Bonchev–Trinajstić information content (AvgIpc) is 3.31. The number of carbonyl (C=O) groups is 1. The fourth-order valence-corrected chi connectivity index (χ4v) is 5.21. The molecule has 1 amide bonds. The maximum absolute atomic E-state index is 13.3. The number of nitrogens with one attached hydrogen (secondary N) is 1. The molecule has 1 aromatic rings. The third kappa shape index (κ3) is 4.22. The Kier molecular flexibility index (Phi) is 5.30. The van der Waals surface area contributed by atoms with Crippen LogP contribution in [0.25, 0.3) is 0 Å². The molecule has 1 N–H and O–H groups in total. The Balaban J connectivity index is 1.42. The van der Waals surface area contributed by atoms with E-state index in [0.29, 0.717) is 5.41 Å². The summed E-state index contributed by atoms with van der Waals surface area (Å²) in [6.07, 6.45) is 7.85. The summed E-state index contributed by atoms with van der Waals surface area (Å²) >= 11 is 0. The van der Waals surface area contributed by atoms with E-state index < -0.39 is 0 Å². The number of hydrogen-bond donors (Lipinski definition) is 1. The Morgan fingerprint density at radius 1 is 1.15 bits per heavy atom. The summed E-state index contributed by atoms with van der Waals surface area (Å²) in [6.45, 7) is 6.73. The van der Waals surface area contributed by atoms with Gasteiger partial charge in [0.05, 0.1) is 6.04 Å². The van der Waals surface area contributed by atoms with Crippen molar-refractivity contribution in [1.29, 1.82) is 0 Å². The fraction of sp³-hybridized carbons (Fsp3) is 0.696. The summed E-state index contributed by atoms with van der Waals surface area (Å²) in [5.41, 5.74) is 1.71. The standard InChI is InChI=1S/C23H35N3O/c1-3-13-26-18-22(11-14-25(2)15-12-22)17-20(26)21(27)24-23(9-10-23)16-19-7-5-4-6-8-19/h4-8,20H,3,9-18H2,1-2H3,(H,24,27)/t20-/m0/s1. The molecule has 2 saturated heterocycles. The van der Waals surface area contributed by atoms with Crippen molar-refractivity contribution in [1.82, 2.24) is 15.1 Å². The predicted octanol–water partition coefficient (Wildman–Crippen LogP) is 3.07. The van der Waals surface area contributed by atoms with Crippen LogP contribution >= 0.6 is 0 Å². The van der Waals surface area contributed by atoms with Gasteiger partial charge in [-0.25, -0.2) is 0 Å². The van der Waals surface area contributed by atoms with E-state index >= 15 is 0 Å². The summed E-state index contributed by atoms with van der Waals surface area (Å²) in [6, 6.07) is 10.7. The molecule has 0 radical (unpaired) electrons. The normalized spacial score (nSPS) is 27.0. The van der Waals surface area contributed by atoms with Gasteiger partial charge in [-0.3, -0.25) is 9.69 Å². The van der Waals surface area contributed by atoms with E-state index in [4.69, 9.17) is 0 Å². The van der Waals surface area contributed by atoms with Gasteiger partial charge in [0, 0.05) is 12.1 Å². The lowest BCUT2D eigenvalue weighted by atomic mass is 9.76. The lowest BCUT2D eigenvalue weighted by Gasteiger charge is -2.37. The van der Waals surface area contributed by atoms with Crippen molar-refractivity contribution in [3.8, 4) is 0 Å². The van der Waals surface area contributed by atoms with Gasteiger partial charge in [0.25, 0.3) is 0 Å². The quantitative estimate of drug-likeness (QED) is 0.837. The molecule has 1 atom stereocenters. The topological polar surface area (TPSA) is 35.6 Å². The highest BCUT2D eigenvalue weighted by Crippen LogP contribution is 2.44. The molecule has 2 aliphatic heterocycles. The van der Waals surface area contributed by atoms with Crippen molar-refractivity contribution in [3.05, 3.63) is 35.9 Å². The second-order valence-electron chi connectivity index (χ2n) is 9.43. The highest BCUT2D eigenvalue weighted by atomic mass is 16.2. The van der Waals surface area contributed by atoms with Crippen molar-refractivity contribution < 1.29 is 4.79 Å². The summed E-state index contributed by atoms with van der Waals surface area (Å²) in [4.78, 5) is 18.2. The first-order valence-electron chi connectivity index (χ1n) is 10.8. The smallest absolute Gasteiger partial charge is 0.237 e. The van der Waals surface area contributed by atoms with Gasteiger partial charge in [0.1, 0.15) is 0 Å². The molecule has 2 heterocycles. The zero-order valence-electron chi connectivity index (χ0n) is 17.0. The van der Waals surface area contributed by atoms with E-state index in [1.165, 1.54) is 31.5 Å². The van der Waals surface area contributed by atoms with Crippen molar-refractivity contribution in [2.75, 3.05) is 33.2 Å². The van der Waals surface area contributed by atoms with Crippen LogP contribution < -0.4 is 5.32 Å². The van der Waals surface area contributed by atoms with Crippen LogP contribution in [0.1, 0.15) is 51.0 Å². The van der Waals surface area contributed by atoms with Crippen molar-refractivity contribution in [2.45, 2.75) is 63.5 Å². The number of benzene rings is 1. The lowest BCUT2D eigenvalue weighted by Crippen LogP contribution is -2.48. The van der Waals surface area contributed by atoms with E-state index in [1.807, 2.05) is 0 Å². The van der Waals surface area contributed by atoms with E-state index in [0.717, 1.165) is 45.2 Å². The largest absolute Gasteiger partial charge is 0.349 e. The molecule has 1 spiro atoms. The van der Waals surface area contributed by atoms with Gasteiger partial charge < -0.3 is 10.2 Å². The van der Waals surface area contributed by atoms with Gasteiger partial charge in [-0.1, -0.05) is 37.3 Å². The highest BCUT2D eigenvalue weighted by Gasteiger charge is 2.50. The summed E-state index contributed by atoms with van der Waals surface area (Å²) in [5.74, 6) is 0.285. The highest BCUT2D eigenvalue weighted by molar-refractivity contribution is 5.83. The molecule has 1 aromatic carbocycles. The number of piperidine rings is 1. The van der Waals surface area contributed by atoms with E-state index in [2.05, 4.69) is 59.4 Å². The molecule has 148 valence electrons. The van der Waals surface area contributed by atoms with Crippen LogP contribution in [0.2, 0.25) is 0 Å². The Hall–Kier alpha value is -1.39. The van der Waals surface area contributed by atoms with Gasteiger partial charge in [-0.15, -0.1) is 0 Å². The molecule has 3 fully saturated rings. The molecule has 4 nitrogen and oxygen atoms in total. The van der Waals surface area contributed by atoms with Gasteiger partial charge in [0.2, 0.25) is 5.91 Å². The minimum Gasteiger partial charge on any atom is -0.349 e. The molecule has 1 saturated carbocycles. The number of nitrogens with zero attached hydrogens (tertiary/aromatic N) is 2. The molecule has 27 heavy (non-hydrogen) atoms. The number of carbonyl (C=O) groups excluding carboxylic acids is 1. The van der Waals surface area contributed by atoms with Gasteiger partial charge in [-0.05, 0) is 82.6 Å². The van der Waals surface area contributed by atoms with Crippen LogP contribution in [0.5, 0.6) is 0 Å². The number of hydrogen-bond acceptors (Lipinski definition) is 3. The molecule has 0 aromatic heterocycles. The second-order valence-corrected chi connectivity index (χ2v) is 9.43. The van der Waals surface area contributed by atoms with Crippen LogP contribution in [-0.4, -0.2) is 60.5 Å². The summed E-state index contributed by atoms with van der Waals surface area (Å²) < 4.78 is 0. The second kappa shape index (κ2) is 7.56. The van der Waals surface area contributed by atoms with E-state index in [9.17, 15) is 4.79 Å². The van der Waals surface area contributed by atoms with Crippen LogP contribution in [0.4, 0.5) is 0 Å². The molecular formula is C23H35N3O. The van der Waals surface area contributed by atoms with Gasteiger partial charge >= 0.3 is 0 Å². The third-order valence-electron chi connectivity index (χ3n) is 7.09. The Labute approximate surface area is 164 Å². The fourth-order valence-electron chi connectivity index (χ4n) is 5.21. The summed E-state index contributed by atoms with van der Waals surface area (Å²) in [7, 11) is 2.22. The van der Waals surface area contributed by atoms with Crippen LogP contribution in [-0.2, 0) is 11.2 Å². The third-order valence-corrected chi connectivity index (χ3v) is 7.09.